The first-order chi connectivity index (χ1) is 17.6. The average molecular weight is 557 g/mol. The molecule has 1 radical (unpaired) electrons. The van der Waals surface area contributed by atoms with E-state index in [0.29, 0.717) is 6.61 Å². The van der Waals surface area contributed by atoms with E-state index < -0.39 is 116 Å². The van der Waals surface area contributed by atoms with Gasteiger partial charge >= 0.3 is 11.9 Å². The molecule has 0 aromatic carbocycles. The van der Waals surface area contributed by atoms with Crippen molar-refractivity contribution in [2.24, 2.45) is 0 Å². The van der Waals surface area contributed by atoms with Crippen molar-refractivity contribution in [2.45, 2.75) is 97.8 Å². The van der Waals surface area contributed by atoms with Crippen molar-refractivity contribution in [2.75, 3.05) is 13.2 Å². The zero-order valence-electron chi connectivity index (χ0n) is 20.0. The summed E-state index contributed by atoms with van der Waals surface area (Å²) in [7, 11) is 0. The third kappa shape index (κ3) is 5.15. The molecule has 0 aromatic heterocycles. The molecule has 3 rings (SSSR count). The number of aliphatic carboxylic acids is 1. The third-order valence-electron chi connectivity index (χ3n) is 7.18. The van der Waals surface area contributed by atoms with Gasteiger partial charge in [0.1, 0.15) is 86.8 Å². The molecule has 38 heavy (non-hydrogen) atoms. The number of carbonyl (C=O) groups is 2. The molecule has 2 unspecified atom stereocenters. The molecule has 0 aliphatic carbocycles. The van der Waals surface area contributed by atoms with Crippen LogP contribution in [0.25, 0.3) is 0 Å². The van der Waals surface area contributed by atoms with E-state index >= 15 is 0 Å². The van der Waals surface area contributed by atoms with Crippen LogP contribution in [0.2, 0.25) is 0 Å². The molecular weight excluding hydrogens is 524 g/mol. The van der Waals surface area contributed by atoms with E-state index in [1.54, 1.807) is 0 Å². The van der Waals surface area contributed by atoms with Gasteiger partial charge in [-0.3, -0.25) is 9.59 Å². The number of hydrogen-bond donors (Lipinski definition) is 11. The maximum atomic E-state index is 11.9. The highest BCUT2D eigenvalue weighted by Gasteiger charge is 2.73. The fraction of sp³-hybridized carbons (Fsp3) is 0.857. The molecular formula is C21H33O17. The van der Waals surface area contributed by atoms with Crippen LogP contribution in [0.5, 0.6) is 0 Å². The van der Waals surface area contributed by atoms with E-state index in [4.69, 9.17) is 24.1 Å². The number of ether oxygens (including phenoxy) is 4. The summed E-state index contributed by atoms with van der Waals surface area (Å²) in [5.41, 5.74) is -6.36. The Morgan fingerprint density at radius 3 is 2.00 bits per heavy atom. The van der Waals surface area contributed by atoms with Gasteiger partial charge in [0, 0.05) is 0 Å². The minimum absolute atomic E-state index is 0.459. The van der Waals surface area contributed by atoms with Crippen LogP contribution in [-0.4, -0.2) is 166 Å². The Labute approximate surface area is 215 Å². The zero-order chi connectivity index (χ0) is 28.7. The van der Waals surface area contributed by atoms with Crippen molar-refractivity contribution in [3.05, 3.63) is 6.61 Å². The Balaban J connectivity index is 2.01. The summed E-state index contributed by atoms with van der Waals surface area (Å²) < 4.78 is 20.7. The van der Waals surface area contributed by atoms with E-state index in [1.165, 1.54) is 6.92 Å². The van der Waals surface area contributed by atoms with Crippen molar-refractivity contribution >= 4 is 11.9 Å². The van der Waals surface area contributed by atoms with Gasteiger partial charge in [0.15, 0.2) is 11.2 Å². The Kier molecular flexibility index (Phi) is 9.36. The van der Waals surface area contributed by atoms with Gasteiger partial charge in [-0.15, -0.1) is 0 Å². The number of carboxylic acid groups (broad SMARTS) is 1. The van der Waals surface area contributed by atoms with Crippen molar-refractivity contribution in [1.29, 1.82) is 0 Å². The number of aliphatic hydroxyl groups is 10. The molecule has 0 saturated carbocycles. The minimum Gasteiger partial charge on any atom is -0.481 e. The van der Waals surface area contributed by atoms with E-state index in [1.807, 2.05) is 0 Å². The standard InChI is InChI=1S/C21H33O17/c1-6-11(26)13(28)15(30)18(37-6)20(33)5-36-7(3-22)17(32)21(20,34)19-16(31)14(29)12(27)8(38-19)4-35-10(25)2-9(23)24/h5-8,11-19,22,26-34H,2-4H2,1H3,(H,23,24)/t6-,7-,8+,11-,12+,13+,14-,15-,16+,17-,18?,19?,20-,21-/m1/s1. The second kappa shape index (κ2) is 11.5. The SMILES string of the molecule is C[C@H]1OC([C@]2(O)[CH]O[C@H](CO)[C@@H](O)[C@@]2(O)C2O[C@@H](COC(=O)CC(=O)O)[C@H](O)[C@@H](O)[C@@H]2O)[C@H](O)[C@@H](O)[C@@H]1O. The van der Waals surface area contributed by atoms with Crippen LogP contribution in [0.1, 0.15) is 13.3 Å². The molecule has 11 N–H and O–H groups in total. The largest absolute Gasteiger partial charge is 0.481 e. The number of carbonyl (C=O) groups excluding carboxylic acids is 1. The molecule has 0 amide bonds. The first kappa shape index (κ1) is 31.0. The molecule has 3 aliphatic heterocycles. The lowest BCUT2D eigenvalue weighted by Gasteiger charge is -2.60. The molecule has 3 fully saturated rings. The number of rotatable bonds is 7. The first-order valence-electron chi connectivity index (χ1n) is 11.6. The highest BCUT2D eigenvalue weighted by Crippen LogP contribution is 2.48. The normalized spacial score (nSPS) is 49.9. The number of aliphatic hydroxyl groups excluding tert-OH is 8. The quantitative estimate of drug-likeness (QED) is 0.102. The first-order valence-corrected chi connectivity index (χ1v) is 11.6. The lowest BCUT2D eigenvalue weighted by atomic mass is 9.64. The summed E-state index contributed by atoms with van der Waals surface area (Å²) in [6, 6.07) is 0. The Morgan fingerprint density at radius 2 is 1.42 bits per heavy atom. The fourth-order valence-corrected chi connectivity index (χ4v) is 4.93. The van der Waals surface area contributed by atoms with Crippen LogP contribution in [0.3, 0.4) is 0 Å². The molecule has 17 nitrogen and oxygen atoms in total. The highest BCUT2D eigenvalue weighted by molar-refractivity contribution is 5.90. The van der Waals surface area contributed by atoms with Gasteiger partial charge in [-0.05, 0) is 6.92 Å². The van der Waals surface area contributed by atoms with Crippen LogP contribution in [-0.2, 0) is 28.5 Å². The Morgan fingerprint density at radius 1 is 0.842 bits per heavy atom. The van der Waals surface area contributed by atoms with Gasteiger partial charge in [-0.25, -0.2) is 0 Å². The van der Waals surface area contributed by atoms with Crippen LogP contribution in [0.15, 0.2) is 0 Å². The van der Waals surface area contributed by atoms with E-state index in [9.17, 15) is 60.7 Å². The molecule has 17 heteroatoms. The summed E-state index contributed by atoms with van der Waals surface area (Å²) in [5.74, 6) is -2.79. The predicted octanol–water partition coefficient (Wildman–Crippen LogP) is -6.90. The molecule has 0 aromatic rings. The molecule has 0 spiro atoms. The maximum absolute atomic E-state index is 11.9. The molecule has 0 bridgehead atoms. The van der Waals surface area contributed by atoms with Crippen LogP contribution < -0.4 is 0 Å². The average Bonchev–Trinajstić information content (AvgIpc) is 2.86. The van der Waals surface area contributed by atoms with Gasteiger partial charge < -0.3 is 75.1 Å². The van der Waals surface area contributed by atoms with E-state index in [0.717, 1.165) is 0 Å². The summed E-state index contributed by atoms with van der Waals surface area (Å²) in [6.45, 7) is -0.168. The van der Waals surface area contributed by atoms with Gasteiger partial charge in [0.05, 0.1) is 12.7 Å². The van der Waals surface area contributed by atoms with Crippen LogP contribution in [0.4, 0.5) is 0 Å². The van der Waals surface area contributed by atoms with E-state index in [2.05, 4.69) is 0 Å². The molecule has 3 saturated heterocycles. The van der Waals surface area contributed by atoms with Crippen LogP contribution >= 0.6 is 0 Å². The number of hydrogen-bond acceptors (Lipinski definition) is 16. The third-order valence-corrected chi connectivity index (χ3v) is 7.18. The molecule has 3 aliphatic rings. The number of carboxylic acids is 1. The van der Waals surface area contributed by atoms with Gasteiger partial charge in [0.25, 0.3) is 0 Å². The van der Waals surface area contributed by atoms with Crippen molar-refractivity contribution in [3.8, 4) is 0 Å². The van der Waals surface area contributed by atoms with E-state index in [-0.39, 0.29) is 0 Å². The Bertz CT molecular complexity index is 858. The summed E-state index contributed by atoms with van der Waals surface area (Å²) in [5, 5.41) is 115. The number of esters is 1. The second-order valence-corrected chi connectivity index (χ2v) is 9.62. The fourth-order valence-electron chi connectivity index (χ4n) is 4.93. The summed E-state index contributed by atoms with van der Waals surface area (Å²) in [6.07, 6.45) is -24.7. The lowest BCUT2D eigenvalue weighted by Crippen LogP contribution is -2.83. The summed E-state index contributed by atoms with van der Waals surface area (Å²) >= 11 is 0. The summed E-state index contributed by atoms with van der Waals surface area (Å²) in [4.78, 5) is 22.3. The van der Waals surface area contributed by atoms with Gasteiger partial charge in [-0.2, -0.15) is 0 Å². The highest BCUT2D eigenvalue weighted by atomic mass is 16.6. The monoisotopic (exact) mass is 557 g/mol. The molecule has 219 valence electrons. The molecule has 3 heterocycles. The second-order valence-electron chi connectivity index (χ2n) is 9.62. The predicted molar refractivity (Wildman–Crippen MR) is 114 cm³/mol. The topological polar surface area (TPSA) is 294 Å². The molecule has 14 atom stereocenters. The van der Waals surface area contributed by atoms with Crippen molar-refractivity contribution < 1.29 is 84.7 Å². The Hall–Kier alpha value is -1.58. The minimum atomic E-state index is -3.25. The van der Waals surface area contributed by atoms with Crippen molar-refractivity contribution in [3.63, 3.8) is 0 Å². The van der Waals surface area contributed by atoms with Crippen LogP contribution in [0, 0.1) is 6.61 Å². The van der Waals surface area contributed by atoms with Gasteiger partial charge in [-0.1, -0.05) is 0 Å². The van der Waals surface area contributed by atoms with Crippen molar-refractivity contribution in [1.82, 2.24) is 0 Å². The van der Waals surface area contributed by atoms with Gasteiger partial charge in [0.2, 0.25) is 0 Å². The lowest BCUT2D eigenvalue weighted by molar-refractivity contribution is -0.377. The maximum Gasteiger partial charge on any atom is 0.317 e. The zero-order valence-corrected chi connectivity index (χ0v) is 20.0. The smallest absolute Gasteiger partial charge is 0.317 e.